The molecule has 13 heteroatoms. The summed E-state index contributed by atoms with van der Waals surface area (Å²) in [5, 5.41) is 7.12. The Bertz CT molecular complexity index is 1220. The predicted molar refractivity (Wildman–Crippen MR) is 103 cm³/mol. The van der Waals surface area contributed by atoms with Crippen molar-refractivity contribution < 1.29 is 21.6 Å². The maximum Gasteiger partial charge on any atom is 0.370 e. The summed E-state index contributed by atoms with van der Waals surface area (Å²) in [7, 11) is -3.58. The van der Waals surface area contributed by atoms with Crippen LogP contribution in [0.4, 0.5) is 24.5 Å². The highest BCUT2D eigenvalue weighted by molar-refractivity contribution is 7.92. The minimum absolute atomic E-state index is 0.0351. The molecule has 0 atom stereocenters. The van der Waals surface area contributed by atoms with Gasteiger partial charge >= 0.3 is 5.69 Å². The van der Waals surface area contributed by atoms with Crippen molar-refractivity contribution >= 4 is 21.4 Å². The predicted octanol–water partition coefficient (Wildman–Crippen LogP) is 1.70. The molecule has 160 valence electrons. The topological polar surface area (TPSA) is 102 Å². The van der Waals surface area contributed by atoms with Crippen molar-refractivity contribution in [1.82, 2.24) is 19.8 Å². The van der Waals surface area contributed by atoms with Crippen molar-refractivity contribution in [1.29, 1.82) is 0 Å². The summed E-state index contributed by atoms with van der Waals surface area (Å²) in [5.41, 5.74) is -1.49. The van der Waals surface area contributed by atoms with Crippen LogP contribution in [0.3, 0.4) is 0 Å². The van der Waals surface area contributed by atoms with Crippen LogP contribution >= 0.6 is 0 Å². The quantitative estimate of drug-likeness (QED) is 0.598. The number of sulfonamides is 1. The van der Waals surface area contributed by atoms with Gasteiger partial charge in [-0.3, -0.25) is 4.72 Å². The number of aromatic nitrogens is 4. The average Bonchev–Trinajstić information content (AvgIpc) is 2.99. The second-order valence-corrected chi connectivity index (χ2v) is 8.03. The zero-order valence-electron chi connectivity index (χ0n) is 15.9. The fourth-order valence-electron chi connectivity index (χ4n) is 2.74. The molecular weight excluding hydrogens is 425 g/mol. The van der Waals surface area contributed by atoms with E-state index in [2.05, 4.69) is 15.1 Å². The molecule has 0 radical (unpaired) electrons. The highest BCUT2D eigenvalue weighted by Crippen LogP contribution is 2.23. The van der Waals surface area contributed by atoms with Gasteiger partial charge in [-0.2, -0.15) is 9.36 Å². The van der Waals surface area contributed by atoms with Gasteiger partial charge in [0.2, 0.25) is 10.0 Å². The highest BCUT2D eigenvalue weighted by atomic mass is 32.2. The van der Waals surface area contributed by atoms with Gasteiger partial charge in [0.15, 0.2) is 11.6 Å². The molecular formula is C17H17F3N6O3S. The molecule has 1 aromatic heterocycles. The van der Waals surface area contributed by atoms with E-state index < -0.39 is 38.9 Å². The van der Waals surface area contributed by atoms with E-state index in [4.69, 9.17) is 0 Å². The summed E-state index contributed by atoms with van der Waals surface area (Å²) >= 11 is 0. The van der Waals surface area contributed by atoms with Gasteiger partial charge in [-0.1, -0.05) is 6.07 Å². The van der Waals surface area contributed by atoms with Crippen LogP contribution in [0.2, 0.25) is 0 Å². The molecule has 3 aromatic rings. The maximum atomic E-state index is 14.5. The van der Waals surface area contributed by atoms with Gasteiger partial charge in [-0.25, -0.2) is 26.4 Å². The third-order valence-electron chi connectivity index (χ3n) is 4.07. The molecule has 0 amide bonds. The van der Waals surface area contributed by atoms with E-state index in [-0.39, 0.29) is 24.6 Å². The Morgan fingerprint density at radius 3 is 2.30 bits per heavy atom. The first-order valence-electron chi connectivity index (χ1n) is 8.60. The van der Waals surface area contributed by atoms with Gasteiger partial charge in [0.25, 0.3) is 0 Å². The van der Waals surface area contributed by atoms with E-state index in [1.54, 1.807) is 6.92 Å². The lowest BCUT2D eigenvalue weighted by molar-refractivity contribution is 0.537. The minimum atomic E-state index is -3.58. The van der Waals surface area contributed by atoms with Crippen molar-refractivity contribution in [3.8, 4) is 5.69 Å². The molecule has 0 spiro atoms. The van der Waals surface area contributed by atoms with E-state index in [1.807, 2.05) is 0 Å². The Balaban J connectivity index is 1.91. The lowest BCUT2D eigenvalue weighted by Gasteiger charge is -2.23. The van der Waals surface area contributed by atoms with Crippen LogP contribution in [0.15, 0.2) is 41.2 Å². The first-order chi connectivity index (χ1) is 14.1. The van der Waals surface area contributed by atoms with Crippen molar-refractivity contribution in [3.05, 3.63) is 64.3 Å². The summed E-state index contributed by atoms with van der Waals surface area (Å²) < 4.78 is 68.4. The Kier molecular flexibility index (Phi) is 5.82. The maximum absolute atomic E-state index is 14.5. The Morgan fingerprint density at radius 2 is 1.73 bits per heavy atom. The summed E-state index contributed by atoms with van der Waals surface area (Å²) in [4.78, 5) is 13.9. The summed E-state index contributed by atoms with van der Waals surface area (Å²) in [5.74, 6) is -2.72. The molecule has 3 rings (SSSR count). The van der Waals surface area contributed by atoms with E-state index in [0.717, 1.165) is 35.2 Å². The van der Waals surface area contributed by atoms with Crippen LogP contribution in [0.1, 0.15) is 6.92 Å². The standard InChI is InChI=1S/C17H17F3N6O3S/c1-3-24(15-8-7-11(9-14(15)20)21-30(2,28)29)10-25-17(27)26(23-22-25)16-12(18)5-4-6-13(16)19/h4-9,21H,3,10H2,1-2H3. The van der Waals surface area contributed by atoms with Crippen molar-refractivity contribution in [3.63, 3.8) is 0 Å². The number of hydrogen-bond donors (Lipinski definition) is 1. The third kappa shape index (κ3) is 4.45. The van der Waals surface area contributed by atoms with Crippen LogP contribution in [0.5, 0.6) is 0 Å². The molecule has 0 fully saturated rings. The Morgan fingerprint density at radius 1 is 1.07 bits per heavy atom. The number of tetrazole rings is 1. The number of para-hydroxylation sites is 1. The second kappa shape index (κ2) is 8.18. The molecule has 9 nitrogen and oxygen atoms in total. The van der Waals surface area contributed by atoms with Crippen LogP contribution < -0.4 is 15.3 Å². The fourth-order valence-corrected chi connectivity index (χ4v) is 3.30. The van der Waals surface area contributed by atoms with Crippen LogP contribution in [-0.2, 0) is 16.7 Å². The molecule has 0 aliphatic heterocycles. The molecule has 1 heterocycles. The van der Waals surface area contributed by atoms with Crippen molar-refractivity contribution in [2.75, 3.05) is 22.4 Å². The van der Waals surface area contributed by atoms with E-state index >= 15 is 0 Å². The van der Waals surface area contributed by atoms with Crippen LogP contribution in [-0.4, -0.2) is 41.0 Å². The number of halogens is 3. The number of benzene rings is 2. The van der Waals surface area contributed by atoms with E-state index in [1.165, 1.54) is 17.0 Å². The van der Waals surface area contributed by atoms with Gasteiger partial charge < -0.3 is 4.90 Å². The fraction of sp³-hybridized carbons (Fsp3) is 0.235. The number of nitrogens with one attached hydrogen (secondary N) is 1. The molecule has 0 saturated heterocycles. The lowest BCUT2D eigenvalue weighted by Crippen LogP contribution is -2.34. The highest BCUT2D eigenvalue weighted by Gasteiger charge is 2.19. The Labute approximate surface area is 169 Å². The van der Waals surface area contributed by atoms with Gasteiger partial charge in [-0.05, 0) is 41.6 Å². The van der Waals surface area contributed by atoms with Crippen LogP contribution in [0.25, 0.3) is 5.69 Å². The monoisotopic (exact) mass is 442 g/mol. The number of nitrogens with zero attached hydrogens (tertiary/aromatic N) is 5. The minimum Gasteiger partial charge on any atom is -0.350 e. The summed E-state index contributed by atoms with van der Waals surface area (Å²) in [6, 6.07) is 6.78. The van der Waals surface area contributed by atoms with Gasteiger partial charge in [0.05, 0.1) is 17.6 Å². The molecule has 0 aliphatic rings. The molecule has 0 aliphatic carbocycles. The SMILES string of the molecule is CCN(Cn1nnn(-c2c(F)cccc2F)c1=O)c1ccc(NS(C)(=O)=O)cc1F. The first-order valence-corrected chi connectivity index (χ1v) is 10.5. The first kappa shape index (κ1) is 21.4. The Hall–Kier alpha value is -3.35. The number of hydrogen-bond acceptors (Lipinski definition) is 6. The normalized spacial score (nSPS) is 11.5. The zero-order chi connectivity index (χ0) is 22.1. The van der Waals surface area contributed by atoms with E-state index in [9.17, 15) is 26.4 Å². The van der Waals surface area contributed by atoms with Crippen LogP contribution in [0, 0.1) is 17.5 Å². The summed E-state index contributed by atoms with van der Waals surface area (Å²) in [6.45, 7) is 1.67. The smallest absolute Gasteiger partial charge is 0.350 e. The number of anilines is 2. The van der Waals surface area contributed by atoms with E-state index in [0.29, 0.717) is 4.68 Å². The van der Waals surface area contributed by atoms with Gasteiger partial charge in [0, 0.05) is 12.6 Å². The molecule has 0 unspecified atom stereocenters. The number of rotatable bonds is 7. The van der Waals surface area contributed by atoms with Gasteiger partial charge in [-0.15, -0.1) is 0 Å². The van der Waals surface area contributed by atoms with Gasteiger partial charge in [0.1, 0.15) is 18.2 Å². The molecule has 2 aromatic carbocycles. The molecule has 0 saturated carbocycles. The van der Waals surface area contributed by atoms with Crippen molar-refractivity contribution in [2.24, 2.45) is 0 Å². The molecule has 1 N–H and O–H groups in total. The largest absolute Gasteiger partial charge is 0.370 e. The van der Waals surface area contributed by atoms with Crippen molar-refractivity contribution in [2.45, 2.75) is 13.6 Å². The second-order valence-electron chi connectivity index (χ2n) is 6.28. The lowest BCUT2D eigenvalue weighted by atomic mass is 10.2. The molecule has 0 bridgehead atoms. The average molecular weight is 442 g/mol. The summed E-state index contributed by atoms with van der Waals surface area (Å²) in [6.07, 6.45) is 0.936. The third-order valence-corrected chi connectivity index (χ3v) is 4.67. The molecule has 30 heavy (non-hydrogen) atoms. The zero-order valence-corrected chi connectivity index (χ0v) is 16.7.